The number of nitrogens with zero attached hydrogens (tertiary/aromatic N) is 2. The van der Waals surface area contributed by atoms with Gasteiger partial charge in [-0.2, -0.15) is 5.10 Å². The van der Waals surface area contributed by atoms with E-state index >= 15 is 0 Å². The summed E-state index contributed by atoms with van der Waals surface area (Å²) in [7, 11) is 0. The maximum absolute atomic E-state index is 12.7. The van der Waals surface area contributed by atoms with Gasteiger partial charge in [0.2, 0.25) is 0 Å². The summed E-state index contributed by atoms with van der Waals surface area (Å²) in [6, 6.07) is 2.59. The highest BCUT2D eigenvalue weighted by atomic mass is 19.1. The van der Waals surface area contributed by atoms with Gasteiger partial charge in [-0.25, -0.2) is 9.37 Å². The van der Waals surface area contributed by atoms with Crippen LogP contribution in [0.15, 0.2) is 18.3 Å². The van der Waals surface area contributed by atoms with Gasteiger partial charge in [0.1, 0.15) is 11.6 Å². The Kier molecular flexibility index (Phi) is 2.66. The van der Waals surface area contributed by atoms with E-state index in [-0.39, 0.29) is 11.5 Å². The molecule has 2 heterocycles. The molecule has 1 aliphatic rings. The minimum Gasteiger partial charge on any atom is -0.395 e. The third-order valence-corrected chi connectivity index (χ3v) is 3.00. The topological polar surface area (TPSA) is 96.7 Å². The zero-order chi connectivity index (χ0) is 13.4. The van der Waals surface area contributed by atoms with Crippen molar-refractivity contribution in [3.8, 4) is 0 Å². The first-order valence-corrected chi connectivity index (χ1v) is 5.92. The van der Waals surface area contributed by atoms with E-state index in [0.717, 1.165) is 24.7 Å². The smallest absolute Gasteiger partial charge is 0.279 e. The van der Waals surface area contributed by atoms with Crippen LogP contribution in [0.25, 0.3) is 0 Å². The van der Waals surface area contributed by atoms with Crippen LogP contribution in [0.3, 0.4) is 0 Å². The van der Waals surface area contributed by atoms with E-state index in [4.69, 9.17) is 5.73 Å². The number of amides is 1. The van der Waals surface area contributed by atoms with Crippen LogP contribution in [0.5, 0.6) is 0 Å². The number of aromatic nitrogens is 3. The Morgan fingerprint density at radius 1 is 1.47 bits per heavy atom. The number of anilines is 2. The van der Waals surface area contributed by atoms with Crippen molar-refractivity contribution in [3.63, 3.8) is 0 Å². The van der Waals surface area contributed by atoms with Gasteiger partial charge in [-0.3, -0.25) is 9.89 Å². The molecular weight excluding hydrogens is 249 g/mol. The number of carbonyl (C=O) groups is 1. The number of carbonyl (C=O) groups excluding carboxylic acids is 1. The largest absolute Gasteiger partial charge is 0.395 e. The molecule has 2 aromatic rings. The summed E-state index contributed by atoms with van der Waals surface area (Å²) in [4.78, 5) is 15.7. The molecular formula is C12H12FN5O. The Balaban J connectivity index is 1.78. The second kappa shape index (κ2) is 4.34. The zero-order valence-electron chi connectivity index (χ0n) is 9.98. The number of nitrogens with two attached hydrogens (primary N) is 1. The third-order valence-electron chi connectivity index (χ3n) is 3.00. The molecule has 0 aromatic carbocycles. The molecule has 1 aliphatic carbocycles. The van der Waals surface area contributed by atoms with E-state index in [9.17, 15) is 9.18 Å². The Bertz CT molecular complexity index is 618. The molecule has 3 rings (SSSR count). The summed E-state index contributed by atoms with van der Waals surface area (Å²) in [6.45, 7) is 0. The van der Waals surface area contributed by atoms with Gasteiger partial charge in [0.05, 0.1) is 17.6 Å². The lowest BCUT2D eigenvalue weighted by molar-refractivity contribution is 0.102. The van der Waals surface area contributed by atoms with Crippen LogP contribution in [0.2, 0.25) is 0 Å². The molecule has 7 heteroatoms. The van der Waals surface area contributed by atoms with Crippen molar-refractivity contribution < 1.29 is 9.18 Å². The first-order valence-electron chi connectivity index (χ1n) is 5.92. The summed E-state index contributed by atoms with van der Waals surface area (Å²) in [5.74, 6) is -0.284. The van der Waals surface area contributed by atoms with E-state index in [1.165, 1.54) is 12.1 Å². The van der Waals surface area contributed by atoms with Crippen molar-refractivity contribution >= 4 is 17.4 Å². The molecule has 6 nitrogen and oxygen atoms in total. The van der Waals surface area contributed by atoms with Crippen LogP contribution in [-0.2, 0) is 0 Å². The molecule has 1 amide bonds. The monoisotopic (exact) mass is 261 g/mol. The van der Waals surface area contributed by atoms with E-state index in [0.29, 0.717) is 11.6 Å². The van der Waals surface area contributed by atoms with Gasteiger partial charge >= 0.3 is 0 Å². The van der Waals surface area contributed by atoms with Crippen molar-refractivity contribution in [2.45, 2.75) is 18.8 Å². The number of nitrogen functional groups attached to an aromatic ring is 1. The van der Waals surface area contributed by atoms with E-state index in [1.807, 2.05) is 0 Å². The van der Waals surface area contributed by atoms with E-state index in [1.54, 1.807) is 0 Å². The molecule has 0 atom stereocenters. The summed E-state index contributed by atoms with van der Waals surface area (Å²) in [5, 5.41) is 9.24. The fraction of sp³-hybridized carbons (Fsp3) is 0.250. The van der Waals surface area contributed by atoms with E-state index in [2.05, 4.69) is 20.5 Å². The van der Waals surface area contributed by atoms with Crippen molar-refractivity contribution in [2.75, 3.05) is 11.1 Å². The fourth-order valence-corrected chi connectivity index (χ4v) is 1.85. The van der Waals surface area contributed by atoms with Gasteiger partial charge in [-0.05, 0) is 25.0 Å². The second-order valence-electron chi connectivity index (χ2n) is 4.49. The average Bonchev–Trinajstić information content (AvgIpc) is 3.15. The maximum Gasteiger partial charge on any atom is 0.279 e. The normalized spacial score (nSPS) is 14.4. The molecule has 0 bridgehead atoms. The van der Waals surface area contributed by atoms with Crippen LogP contribution < -0.4 is 11.1 Å². The molecule has 1 saturated carbocycles. The third kappa shape index (κ3) is 2.26. The molecule has 0 unspecified atom stereocenters. The molecule has 98 valence electrons. The first-order chi connectivity index (χ1) is 9.15. The lowest BCUT2D eigenvalue weighted by Crippen LogP contribution is -2.15. The molecule has 0 radical (unpaired) electrons. The SMILES string of the molecule is Nc1c(C(=O)Nc2ccc(F)cn2)n[nH]c1C1CC1. The predicted octanol–water partition coefficient (Wildman–Crippen LogP) is 1.66. The Morgan fingerprint density at radius 2 is 2.26 bits per heavy atom. The van der Waals surface area contributed by atoms with Crippen molar-refractivity contribution in [1.82, 2.24) is 15.2 Å². The van der Waals surface area contributed by atoms with Crippen LogP contribution in [0.4, 0.5) is 15.9 Å². The minimum absolute atomic E-state index is 0.146. The van der Waals surface area contributed by atoms with Crippen molar-refractivity contribution in [3.05, 3.63) is 35.5 Å². The van der Waals surface area contributed by atoms with Gasteiger partial charge in [0, 0.05) is 5.92 Å². The number of hydrogen-bond donors (Lipinski definition) is 3. The number of H-pyrrole nitrogens is 1. The Hall–Kier alpha value is -2.44. The highest BCUT2D eigenvalue weighted by Gasteiger charge is 2.30. The van der Waals surface area contributed by atoms with Gasteiger partial charge in [0.15, 0.2) is 5.69 Å². The van der Waals surface area contributed by atoms with Gasteiger partial charge in [-0.1, -0.05) is 0 Å². The molecule has 0 saturated heterocycles. The van der Waals surface area contributed by atoms with Gasteiger partial charge < -0.3 is 11.1 Å². The van der Waals surface area contributed by atoms with Crippen LogP contribution in [0, 0.1) is 5.82 Å². The van der Waals surface area contributed by atoms with Crippen molar-refractivity contribution in [1.29, 1.82) is 0 Å². The predicted molar refractivity (Wildman–Crippen MR) is 67.1 cm³/mol. The number of hydrogen-bond acceptors (Lipinski definition) is 4. The Morgan fingerprint density at radius 3 is 2.89 bits per heavy atom. The van der Waals surface area contributed by atoms with Gasteiger partial charge in [0.25, 0.3) is 5.91 Å². The molecule has 4 N–H and O–H groups in total. The zero-order valence-corrected chi connectivity index (χ0v) is 9.98. The van der Waals surface area contributed by atoms with E-state index < -0.39 is 11.7 Å². The van der Waals surface area contributed by atoms with Crippen LogP contribution in [0.1, 0.15) is 34.9 Å². The summed E-state index contributed by atoms with van der Waals surface area (Å²) in [6.07, 6.45) is 3.15. The highest BCUT2D eigenvalue weighted by molar-refractivity contribution is 6.06. The number of aromatic amines is 1. The fourth-order valence-electron chi connectivity index (χ4n) is 1.85. The highest BCUT2D eigenvalue weighted by Crippen LogP contribution is 2.42. The standard InChI is InChI=1S/C12H12FN5O/c13-7-3-4-8(15-5-7)16-12(19)11-9(14)10(17-18-11)6-1-2-6/h3-6H,1-2,14H2,(H,17,18)(H,15,16,19). The number of pyridine rings is 1. The molecule has 19 heavy (non-hydrogen) atoms. The molecule has 0 spiro atoms. The second-order valence-corrected chi connectivity index (χ2v) is 4.49. The number of nitrogens with one attached hydrogen (secondary N) is 2. The van der Waals surface area contributed by atoms with Crippen molar-refractivity contribution in [2.24, 2.45) is 0 Å². The molecule has 2 aromatic heterocycles. The molecule has 1 fully saturated rings. The lowest BCUT2D eigenvalue weighted by atomic mass is 10.2. The lowest BCUT2D eigenvalue weighted by Gasteiger charge is -2.02. The molecule has 0 aliphatic heterocycles. The first kappa shape index (κ1) is 11.6. The number of halogens is 1. The average molecular weight is 261 g/mol. The summed E-state index contributed by atoms with van der Waals surface area (Å²) in [5.41, 5.74) is 7.23. The Labute approximate surface area is 108 Å². The summed E-state index contributed by atoms with van der Waals surface area (Å²) >= 11 is 0. The van der Waals surface area contributed by atoms with Gasteiger partial charge in [-0.15, -0.1) is 0 Å². The number of rotatable bonds is 3. The minimum atomic E-state index is -0.465. The summed E-state index contributed by atoms with van der Waals surface area (Å²) < 4.78 is 12.7. The quantitative estimate of drug-likeness (QED) is 0.782. The van der Waals surface area contributed by atoms with Crippen LogP contribution >= 0.6 is 0 Å². The maximum atomic E-state index is 12.7. The van der Waals surface area contributed by atoms with Crippen LogP contribution in [-0.4, -0.2) is 21.1 Å².